The number of rotatable bonds is 5. The molecule has 1 heterocycles. The minimum atomic E-state index is -0.0108. The third kappa shape index (κ3) is 3.20. The first-order chi connectivity index (χ1) is 7.70. The number of pyridine rings is 1. The summed E-state index contributed by atoms with van der Waals surface area (Å²) in [7, 11) is 0. The molecule has 0 radical (unpaired) electrons. The van der Waals surface area contributed by atoms with Crippen LogP contribution in [0.5, 0.6) is 0 Å². The van der Waals surface area contributed by atoms with Crippen molar-refractivity contribution in [2.45, 2.75) is 26.7 Å². The van der Waals surface area contributed by atoms with Crippen molar-refractivity contribution in [3.63, 3.8) is 0 Å². The molecular formula is C12H17ClN2O. The van der Waals surface area contributed by atoms with Crippen molar-refractivity contribution in [3.8, 4) is 0 Å². The summed E-state index contributed by atoms with van der Waals surface area (Å²) in [4.78, 5) is 17.8. The van der Waals surface area contributed by atoms with E-state index in [4.69, 9.17) is 11.6 Å². The van der Waals surface area contributed by atoms with Gasteiger partial charge in [0.2, 0.25) is 0 Å². The minimum absolute atomic E-state index is 0.0108. The zero-order chi connectivity index (χ0) is 12.0. The number of aromatic nitrogens is 1. The van der Waals surface area contributed by atoms with Gasteiger partial charge >= 0.3 is 0 Å². The van der Waals surface area contributed by atoms with Gasteiger partial charge in [-0.1, -0.05) is 24.9 Å². The fourth-order valence-corrected chi connectivity index (χ4v) is 1.67. The predicted octanol–water partition coefficient (Wildman–Crippen LogP) is 3.00. The molecule has 0 bridgehead atoms. The van der Waals surface area contributed by atoms with Gasteiger partial charge in [0.05, 0.1) is 10.6 Å². The standard InChI is InChI=1S/C12H17ClN2O/c1-3-5-8-15(4-2)12(16)10-6-7-14-9-11(10)13/h6-7,9H,3-5,8H2,1-2H3. The van der Waals surface area contributed by atoms with Crippen molar-refractivity contribution >= 4 is 17.5 Å². The number of hydrogen-bond acceptors (Lipinski definition) is 2. The van der Waals surface area contributed by atoms with Gasteiger partial charge in [-0.25, -0.2) is 0 Å². The molecule has 1 amide bonds. The van der Waals surface area contributed by atoms with Crippen LogP contribution in [0.4, 0.5) is 0 Å². The van der Waals surface area contributed by atoms with Crippen LogP contribution in [-0.4, -0.2) is 28.9 Å². The molecule has 0 aliphatic carbocycles. The molecule has 0 fully saturated rings. The van der Waals surface area contributed by atoms with Gasteiger partial charge < -0.3 is 4.90 Å². The summed E-state index contributed by atoms with van der Waals surface area (Å²) < 4.78 is 0. The Morgan fingerprint density at radius 3 is 2.81 bits per heavy atom. The lowest BCUT2D eigenvalue weighted by atomic mass is 10.2. The first-order valence-electron chi connectivity index (χ1n) is 5.59. The molecule has 1 aromatic heterocycles. The second-order valence-electron chi connectivity index (χ2n) is 3.59. The van der Waals surface area contributed by atoms with E-state index in [9.17, 15) is 4.79 Å². The fourth-order valence-electron chi connectivity index (χ4n) is 1.47. The number of hydrogen-bond donors (Lipinski definition) is 0. The summed E-state index contributed by atoms with van der Waals surface area (Å²) in [6.45, 7) is 5.57. The first kappa shape index (κ1) is 13.0. The van der Waals surface area contributed by atoms with E-state index < -0.39 is 0 Å². The average Bonchev–Trinajstić information content (AvgIpc) is 2.30. The molecule has 1 rings (SSSR count). The van der Waals surface area contributed by atoms with Crippen LogP contribution in [0.15, 0.2) is 18.5 Å². The molecule has 0 unspecified atom stereocenters. The third-order valence-corrected chi connectivity index (χ3v) is 2.75. The number of carbonyl (C=O) groups is 1. The summed E-state index contributed by atoms with van der Waals surface area (Å²) >= 11 is 5.94. The number of nitrogens with zero attached hydrogens (tertiary/aromatic N) is 2. The molecule has 0 atom stereocenters. The van der Waals surface area contributed by atoms with Crippen LogP contribution in [0.1, 0.15) is 37.0 Å². The normalized spacial score (nSPS) is 10.2. The van der Waals surface area contributed by atoms with E-state index in [0.29, 0.717) is 17.1 Å². The van der Waals surface area contributed by atoms with Gasteiger partial charge in [-0.15, -0.1) is 0 Å². The van der Waals surface area contributed by atoms with Gasteiger partial charge in [0.25, 0.3) is 5.91 Å². The van der Waals surface area contributed by atoms with Crippen LogP contribution < -0.4 is 0 Å². The van der Waals surface area contributed by atoms with E-state index in [1.807, 2.05) is 11.8 Å². The maximum Gasteiger partial charge on any atom is 0.255 e. The van der Waals surface area contributed by atoms with E-state index >= 15 is 0 Å². The van der Waals surface area contributed by atoms with Gasteiger partial charge in [0, 0.05) is 25.5 Å². The summed E-state index contributed by atoms with van der Waals surface area (Å²) in [5.41, 5.74) is 0.537. The smallest absolute Gasteiger partial charge is 0.255 e. The lowest BCUT2D eigenvalue weighted by Crippen LogP contribution is -2.31. The predicted molar refractivity (Wildman–Crippen MR) is 65.7 cm³/mol. The second-order valence-corrected chi connectivity index (χ2v) is 4.00. The fraction of sp³-hybridized carbons (Fsp3) is 0.500. The highest BCUT2D eigenvalue weighted by Crippen LogP contribution is 2.16. The monoisotopic (exact) mass is 240 g/mol. The summed E-state index contributed by atoms with van der Waals surface area (Å²) in [5, 5.41) is 0.419. The molecule has 0 saturated heterocycles. The molecule has 0 saturated carbocycles. The van der Waals surface area contributed by atoms with Crippen molar-refractivity contribution in [2.24, 2.45) is 0 Å². The van der Waals surface area contributed by atoms with Crippen molar-refractivity contribution in [2.75, 3.05) is 13.1 Å². The van der Waals surface area contributed by atoms with Crippen LogP contribution >= 0.6 is 11.6 Å². The molecule has 0 N–H and O–H groups in total. The van der Waals surface area contributed by atoms with E-state index in [0.717, 1.165) is 19.4 Å². The summed E-state index contributed by atoms with van der Waals surface area (Å²) in [5.74, 6) is -0.0108. The Morgan fingerprint density at radius 1 is 1.50 bits per heavy atom. The van der Waals surface area contributed by atoms with Crippen LogP contribution in [-0.2, 0) is 0 Å². The maximum atomic E-state index is 12.1. The van der Waals surface area contributed by atoms with E-state index in [2.05, 4.69) is 11.9 Å². The van der Waals surface area contributed by atoms with Crippen LogP contribution in [0.25, 0.3) is 0 Å². The Hall–Kier alpha value is -1.09. The zero-order valence-corrected chi connectivity index (χ0v) is 10.5. The summed E-state index contributed by atoms with van der Waals surface area (Å²) in [6, 6.07) is 1.67. The number of unbranched alkanes of at least 4 members (excludes halogenated alkanes) is 1. The largest absolute Gasteiger partial charge is 0.339 e. The van der Waals surface area contributed by atoms with Crippen LogP contribution in [0.3, 0.4) is 0 Å². The molecule has 0 aromatic carbocycles. The van der Waals surface area contributed by atoms with Crippen LogP contribution in [0.2, 0.25) is 5.02 Å². The van der Waals surface area contributed by atoms with Gasteiger partial charge in [-0.05, 0) is 19.4 Å². The van der Waals surface area contributed by atoms with Gasteiger partial charge in [0.1, 0.15) is 0 Å². The maximum absolute atomic E-state index is 12.1. The first-order valence-corrected chi connectivity index (χ1v) is 5.97. The van der Waals surface area contributed by atoms with Gasteiger partial charge in [0.15, 0.2) is 0 Å². The van der Waals surface area contributed by atoms with Crippen molar-refractivity contribution in [1.82, 2.24) is 9.88 Å². The van der Waals surface area contributed by atoms with E-state index in [1.165, 1.54) is 6.20 Å². The van der Waals surface area contributed by atoms with Gasteiger partial charge in [-0.3, -0.25) is 9.78 Å². The number of carbonyl (C=O) groups excluding carboxylic acids is 1. The molecule has 0 aliphatic heterocycles. The molecule has 0 spiro atoms. The molecule has 3 nitrogen and oxygen atoms in total. The van der Waals surface area contributed by atoms with Crippen molar-refractivity contribution < 1.29 is 4.79 Å². The number of amides is 1. The molecular weight excluding hydrogens is 224 g/mol. The molecule has 88 valence electrons. The molecule has 0 aliphatic rings. The summed E-state index contributed by atoms with van der Waals surface area (Å²) in [6.07, 6.45) is 5.19. The highest BCUT2D eigenvalue weighted by molar-refractivity contribution is 6.33. The van der Waals surface area contributed by atoms with Crippen molar-refractivity contribution in [3.05, 3.63) is 29.0 Å². The topological polar surface area (TPSA) is 33.2 Å². The molecule has 4 heteroatoms. The van der Waals surface area contributed by atoms with E-state index in [-0.39, 0.29) is 5.91 Å². The zero-order valence-electron chi connectivity index (χ0n) is 9.74. The Morgan fingerprint density at radius 2 is 2.25 bits per heavy atom. The Kier molecular flexibility index (Phi) is 5.26. The minimum Gasteiger partial charge on any atom is -0.339 e. The highest BCUT2D eigenvalue weighted by Gasteiger charge is 2.16. The second kappa shape index (κ2) is 6.48. The lowest BCUT2D eigenvalue weighted by molar-refractivity contribution is 0.0762. The van der Waals surface area contributed by atoms with Crippen LogP contribution in [0, 0.1) is 0 Å². The van der Waals surface area contributed by atoms with Gasteiger partial charge in [-0.2, -0.15) is 0 Å². The Labute approximate surface area is 101 Å². The number of halogens is 1. The quantitative estimate of drug-likeness (QED) is 0.793. The highest BCUT2D eigenvalue weighted by atomic mass is 35.5. The molecule has 16 heavy (non-hydrogen) atoms. The lowest BCUT2D eigenvalue weighted by Gasteiger charge is -2.20. The third-order valence-electron chi connectivity index (χ3n) is 2.45. The average molecular weight is 241 g/mol. The van der Waals surface area contributed by atoms with Crippen molar-refractivity contribution in [1.29, 1.82) is 0 Å². The Bertz CT molecular complexity index is 355. The van der Waals surface area contributed by atoms with E-state index in [1.54, 1.807) is 12.3 Å². The molecule has 1 aromatic rings. The SMILES string of the molecule is CCCCN(CC)C(=O)c1ccncc1Cl. The Balaban J connectivity index is 2.79.